The number of aromatic amines is 1. The summed E-state index contributed by atoms with van der Waals surface area (Å²) in [6.07, 6.45) is 5.36. The van der Waals surface area contributed by atoms with Gasteiger partial charge in [-0.2, -0.15) is 0 Å². The Kier molecular flexibility index (Phi) is 5.45. The first kappa shape index (κ1) is 21.0. The molecule has 5 aromatic rings. The molecule has 0 aliphatic rings. The van der Waals surface area contributed by atoms with Crippen LogP contribution in [0.1, 0.15) is 25.3 Å². The molecule has 1 N–H and O–H groups in total. The summed E-state index contributed by atoms with van der Waals surface area (Å²) in [5.41, 5.74) is 5.48. The van der Waals surface area contributed by atoms with Crippen LogP contribution in [0, 0.1) is 12.3 Å². The lowest BCUT2D eigenvalue weighted by molar-refractivity contribution is 0.371. The maximum Gasteiger partial charge on any atom is 0.196 e. The van der Waals surface area contributed by atoms with E-state index in [-0.39, 0.29) is 6.61 Å². The van der Waals surface area contributed by atoms with Gasteiger partial charge in [0.25, 0.3) is 0 Å². The van der Waals surface area contributed by atoms with Crippen molar-refractivity contribution < 1.29 is 4.74 Å². The van der Waals surface area contributed by atoms with Gasteiger partial charge in [-0.15, -0.1) is 6.42 Å². The number of hydrogen-bond acceptors (Lipinski definition) is 4. The predicted molar refractivity (Wildman–Crippen MR) is 133 cm³/mol. The zero-order valence-electron chi connectivity index (χ0n) is 18.3. The molecule has 5 nitrogen and oxygen atoms in total. The highest BCUT2D eigenvalue weighted by atomic mass is 35.5. The lowest BCUT2D eigenvalue weighted by Crippen LogP contribution is -1.98. The second-order valence-electron chi connectivity index (χ2n) is 8.09. The molecule has 2 aromatic heterocycles. The molecule has 0 spiro atoms. The van der Waals surface area contributed by atoms with Crippen LogP contribution in [-0.2, 0) is 0 Å². The molecule has 0 aliphatic heterocycles. The molecule has 3 aromatic carbocycles. The van der Waals surface area contributed by atoms with Gasteiger partial charge in [0, 0.05) is 16.0 Å². The Morgan fingerprint density at radius 1 is 0.970 bits per heavy atom. The number of nitrogens with one attached hydrogen (secondary N) is 1. The summed E-state index contributed by atoms with van der Waals surface area (Å²) in [5.74, 6) is 4.72. The highest BCUT2D eigenvalue weighted by Crippen LogP contribution is 2.32. The molecule has 0 bridgehead atoms. The second kappa shape index (κ2) is 8.57. The van der Waals surface area contributed by atoms with E-state index < -0.39 is 0 Å². The van der Waals surface area contributed by atoms with E-state index >= 15 is 0 Å². The van der Waals surface area contributed by atoms with Crippen molar-refractivity contribution in [2.45, 2.75) is 19.8 Å². The van der Waals surface area contributed by atoms with E-state index in [4.69, 9.17) is 32.7 Å². The van der Waals surface area contributed by atoms with E-state index in [2.05, 4.69) is 54.0 Å². The zero-order valence-corrected chi connectivity index (χ0v) is 19.0. The van der Waals surface area contributed by atoms with Crippen LogP contribution in [0.4, 0.5) is 0 Å². The number of ether oxygens (including phenoxy) is 1. The van der Waals surface area contributed by atoms with E-state index in [1.54, 1.807) is 0 Å². The summed E-state index contributed by atoms with van der Waals surface area (Å²) in [5, 5.41) is 1.52. The fraction of sp³-hybridized carbons (Fsp3) is 0.148. The van der Waals surface area contributed by atoms with E-state index in [9.17, 15) is 0 Å². The van der Waals surface area contributed by atoms with Crippen molar-refractivity contribution in [3.8, 4) is 41.0 Å². The van der Waals surface area contributed by atoms with Gasteiger partial charge >= 0.3 is 0 Å². The van der Waals surface area contributed by atoms with Gasteiger partial charge in [0.1, 0.15) is 12.4 Å². The number of aromatic nitrogens is 4. The van der Waals surface area contributed by atoms with Gasteiger partial charge in [-0.25, -0.2) is 15.0 Å². The molecule has 0 saturated carbocycles. The number of benzene rings is 3. The predicted octanol–water partition coefficient (Wildman–Crippen LogP) is 6.63. The average molecular weight is 453 g/mol. The van der Waals surface area contributed by atoms with Crippen LogP contribution in [0.2, 0.25) is 5.02 Å². The van der Waals surface area contributed by atoms with Crippen molar-refractivity contribution >= 4 is 33.5 Å². The van der Waals surface area contributed by atoms with Gasteiger partial charge in [-0.1, -0.05) is 55.6 Å². The van der Waals surface area contributed by atoms with Crippen molar-refractivity contribution in [1.29, 1.82) is 0 Å². The van der Waals surface area contributed by atoms with Gasteiger partial charge in [-0.3, -0.25) is 0 Å². The van der Waals surface area contributed by atoms with Crippen LogP contribution in [0.25, 0.3) is 44.8 Å². The molecule has 162 valence electrons. The Morgan fingerprint density at radius 3 is 2.52 bits per heavy atom. The third-order valence-corrected chi connectivity index (χ3v) is 5.73. The maximum atomic E-state index is 6.14. The number of nitrogens with zero attached hydrogens (tertiary/aromatic N) is 3. The number of fused-ring (bicyclic) bond motifs is 2. The van der Waals surface area contributed by atoms with E-state index in [0.29, 0.717) is 28.3 Å². The van der Waals surface area contributed by atoms with Crippen LogP contribution in [0.15, 0.2) is 60.7 Å². The minimum atomic E-state index is 0.199. The summed E-state index contributed by atoms with van der Waals surface area (Å²) in [7, 11) is 0. The summed E-state index contributed by atoms with van der Waals surface area (Å²) >= 11 is 6.14. The fourth-order valence-electron chi connectivity index (χ4n) is 3.76. The number of terminal acetylenes is 1. The second-order valence-corrected chi connectivity index (χ2v) is 8.53. The third-order valence-electron chi connectivity index (χ3n) is 5.50. The number of imidazole rings is 1. The molecule has 0 unspecified atom stereocenters. The van der Waals surface area contributed by atoms with Crippen LogP contribution < -0.4 is 4.74 Å². The Morgan fingerprint density at radius 2 is 1.76 bits per heavy atom. The Hall–Kier alpha value is -3.88. The fourth-order valence-corrected chi connectivity index (χ4v) is 3.93. The lowest BCUT2D eigenvalue weighted by Gasteiger charge is -2.11. The number of rotatable bonds is 5. The van der Waals surface area contributed by atoms with Crippen molar-refractivity contribution in [1.82, 2.24) is 19.9 Å². The molecular weight excluding hydrogens is 432 g/mol. The topological polar surface area (TPSA) is 63.7 Å². The number of H-pyrrole nitrogens is 1. The molecule has 2 heterocycles. The lowest BCUT2D eigenvalue weighted by atomic mass is 9.99. The highest BCUT2D eigenvalue weighted by molar-refractivity contribution is 6.31. The van der Waals surface area contributed by atoms with Crippen LogP contribution in [0.5, 0.6) is 5.75 Å². The maximum absolute atomic E-state index is 6.14. The molecule has 0 amide bonds. The van der Waals surface area contributed by atoms with Crippen molar-refractivity contribution in [2.24, 2.45) is 0 Å². The van der Waals surface area contributed by atoms with E-state index in [0.717, 1.165) is 33.2 Å². The van der Waals surface area contributed by atoms with Crippen LogP contribution in [0.3, 0.4) is 0 Å². The number of halogens is 1. The first-order chi connectivity index (χ1) is 16.0. The third kappa shape index (κ3) is 4.13. The Labute approximate surface area is 196 Å². The molecule has 5 rings (SSSR count). The normalized spacial score (nSPS) is 11.2. The Balaban J connectivity index is 1.70. The van der Waals surface area contributed by atoms with Crippen LogP contribution >= 0.6 is 11.6 Å². The molecule has 0 fully saturated rings. The van der Waals surface area contributed by atoms with Gasteiger partial charge in [0.2, 0.25) is 0 Å². The SMILES string of the molecule is C#CCOc1ccc2nc(-c3nc4ccc(Cl)cc4[nH]3)nc(-c3ccc(C(C)C)cc3)c2c1. The summed E-state index contributed by atoms with van der Waals surface area (Å²) in [6, 6.07) is 19.7. The van der Waals surface area contributed by atoms with E-state index in [1.807, 2.05) is 36.4 Å². The van der Waals surface area contributed by atoms with Gasteiger partial charge < -0.3 is 9.72 Å². The van der Waals surface area contributed by atoms with Crippen molar-refractivity contribution in [3.05, 3.63) is 71.2 Å². The minimum Gasteiger partial charge on any atom is -0.481 e. The monoisotopic (exact) mass is 452 g/mol. The highest BCUT2D eigenvalue weighted by Gasteiger charge is 2.15. The van der Waals surface area contributed by atoms with E-state index in [1.165, 1.54) is 5.56 Å². The standard InChI is InChI=1S/C27H21ClN4O/c1-4-13-33-20-10-12-22-21(15-20)25(18-7-5-17(6-8-18)16(2)3)32-27(29-22)26-30-23-11-9-19(28)14-24(23)31-26/h1,5-12,14-16H,13H2,2-3H3,(H,30,31). The van der Waals surface area contributed by atoms with Crippen LogP contribution in [-0.4, -0.2) is 26.5 Å². The molecule has 0 aliphatic carbocycles. The number of hydrogen-bond donors (Lipinski definition) is 1. The first-order valence-electron chi connectivity index (χ1n) is 10.7. The van der Waals surface area contributed by atoms with Gasteiger partial charge in [0.15, 0.2) is 11.6 Å². The van der Waals surface area contributed by atoms with Crippen molar-refractivity contribution in [2.75, 3.05) is 6.61 Å². The van der Waals surface area contributed by atoms with Gasteiger partial charge in [-0.05, 0) is 47.9 Å². The Bertz CT molecular complexity index is 1510. The van der Waals surface area contributed by atoms with Crippen molar-refractivity contribution in [3.63, 3.8) is 0 Å². The quantitative estimate of drug-likeness (QED) is 0.304. The smallest absolute Gasteiger partial charge is 0.196 e. The summed E-state index contributed by atoms with van der Waals surface area (Å²) in [4.78, 5) is 17.7. The summed E-state index contributed by atoms with van der Waals surface area (Å²) < 4.78 is 5.65. The molecular formula is C27H21ClN4O. The summed E-state index contributed by atoms with van der Waals surface area (Å²) in [6.45, 7) is 4.55. The van der Waals surface area contributed by atoms with Gasteiger partial charge in [0.05, 0.1) is 22.2 Å². The zero-order chi connectivity index (χ0) is 22.9. The molecule has 6 heteroatoms. The average Bonchev–Trinajstić information content (AvgIpc) is 3.25. The molecule has 0 radical (unpaired) electrons. The molecule has 0 atom stereocenters. The molecule has 0 saturated heterocycles. The largest absolute Gasteiger partial charge is 0.481 e. The minimum absolute atomic E-state index is 0.199. The first-order valence-corrected chi connectivity index (χ1v) is 11.0. The molecule has 33 heavy (non-hydrogen) atoms.